The lowest BCUT2D eigenvalue weighted by Gasteiger charge is -2.34. The molecule has 1 fully saturated rings. The number of rotatable bonds is 7. The molecule has 0 spiro atoms. The van der Waals surface area contributed by atoms with Crippen LogP contribution in [0, 0.1) is 5.82 Å². The van der Waals surface area contributed by atoms with Crippen molar-refractivity contribution in [3.05, 3.63) is 35.6 Å². The maximum Gasteiger partial charge on any atom is 0.237 e. The van der Waals surface area contributed by atoms with Gasteiger partial charge in [0.05, 0.1) is 13.1 Å². The van der Waals surface area contributed by atoms with E-state index in [0.717, 1.165) is 31.2 Å². The van der Waals surface area contributed by atoms with Crippen LogP contribution < -0.4 is 10.6 Å². The Bertz CT molecular complexity index is 542. The third-order valence-corrected chi connectivity index (χ3v) is 4.44. The Morgan fingerprint density at radius 3 is 2.42 bits per heavy atom. The Kier molecular flexibility index (Phi) is 7.18. The molecule has 1 aliphatic carbocycles. The summed E-state index contributed by atoms with van der Waals surface area (Å²) in [6.07, 6.45) is 5.47. The van der Waals surface area contributed by atoms with Crippen LogP contribution in [0.15, 0.2) is 24.3 Å². The Balaban J connectivity index is 1.99. The molecular formula is C18H26FN3O2. The largest absolute Gasteiger partial charge is 0.358 e. The van der Waals surface area contributed by atoms with Crippen molar-refractivity contribution in [3.8, 4) is 0 Å². The molecule has 5 nitrogen and oxygen atoms in total. The molecule has 0 unspecified atom stereocenters. The van der Waals surface area contributed by atoms with Gasteiger partial charge >= 0.3 is 0 Å². The van der Waals surface area contributed by atoms with Gasteiger partial charge in [-0.3, -0.25) is 14.9 Å². The lowest BCUT2D eigenvalue weighted by molar-refractivity contribution is -0.134. The fourth-order valence-electron chi connectivity index (χ4n) is 3.07. The van der Waals surface area contributed by atoms with Crippen LogP contribution in [-0.4, -0.2) is 42.9 Å². The average Bonchev–Trinajstić information content (AvgIpc) is 2.61. The average molecular weight is 335 g/mol. The molecule has 132 valence electrons. The van der Waals surface area contributed by atoms with Gasteiger partial charge in [-0.25, -0.2) is 4.39 Å². The van der Waals surface area contributed by atoms with Crippen molar-refractivity contribution in [3.63, 3.8) is 0 Å². The van der Waals surface area contributed by atoms with Crippen LogP contribution in [0.5, 0.6) is 0 Å². The van der Waals surface area contributed by atoms with Crippen molar-refractivity contribution in [2.75, 3.05) is 20.1 Å². The van der Waals surface area contributed by atoms with Crippen molar-refractivity contribution in [2.24, 2.45) is 0 Å². The quantitative estimate of drug-likeness (QED) is 0.799. The van der Waals surface area contributed by atoms with Crippen molar-refractivity contribution < 1.29 is 14.0 Å². The van der Waals surface area contributed by atoms with Crippen LogP contribution in [0.1, 0.15) is 37.7 Å². The van der Waals surface area contributed by atoms with Crippen LogP contribution in [-0.2, 0) is 16.1 Å². The molecule has 0 radical (unpaired) electrons. The molecule has 0 bridgehead atoms. The Hall–Kier alpha value is -1.95. The molecule has 1 aromatic rings. The van der Waals surface area contributed by atoms with E-state index in [2.05, 4.69) is 10.6 Å². The van der Waals surface area contributed by atoms with Crippen molar-refractivity contribution >= 4 is 11.8 Å². The number of carbonyl (C=O) groups is 2. The minimum atomic E-state index is -0.276. The first-order valence-corrected chi connectivity index (χ1v) is 8.55. The zero-order chi connectivity index (χ0) is 17.4. The molecule has 24 heavy (non-hydrogen) atoms. The summed E-state index contributed by atoms with van der Waals surface area (Å²) < 4.78 is 13.1. The molecule has 1 aromatic carbocycles. The minimum Gasteiger partial charge on any atom is -0.358 e. The molecule has 0 aromatic heterocycles. The second-order valence-electron chi connectivity index (χ2n) is 6.22. The van der Waals surface area contributed by atoms with Crippen LogP contribution in [0.4, 0.5) is 4.39 Å². The maximum atomic E-state index is 13.1. The topological polar surface area (TPSA) is 61.4 Å². The Morgan fingerprint density at radius 1 is 1.12 bits per heavy atom. The van der Waals surface area contributed by atoms with Gasteiger partial charge in [-0.15, -0.1) is 0 Å². The summed E-state index contributed by atoms with van der Waals surface area (Å²) in [5, 5.41) is 5.40. The van der Waals surface area contributed by atoms with Crippen LogP contribution in [0.25, 0.3) is 0 Å². The van der Waals surface area contributed by atoms with E-state index in [9.17, 15) is 14.0 Å². The molecule has 2 amide bonds. The highest BCUT2D eigenvalue weighted by atomic mass is 19.1. The van der Waals surface area contributed by atoms with Gasteiger partial charge in [-0.1, -0.05) is 31.4 Å². The number of nitrogens with zero attached hydrogens (tertiary/aromatic N) is 1. The van der Waals surface area contributed by atoms with Crippen molar-refractivity contribution in [2.45, 2.75) is 44.7 Å². The van der Waals surface area contributed by atoms with E-state index < -0.39 is 0 Å². The molecule has 2 N–H and O–H groups in total. The molecular weight excluding hydrogens is 309 g/mol. The minimum absolute atomic E-state index is 0.0184. The van der Waals surface area contributed by atoms with Gasteiger partial charge in [0, 0.05) is 19.6 Å². The molecule has 0 atom stereocenters. The van der Waals surface area contributed by atoms with E-state index in [1.54, 1.807) is 19.2 Å². The summed E-state index contributed by atoms with van der Waals surface area (Å²) in [5.41, 5.74) is 0.918. The van der Waals surface area contributed by atoms with Crippen molar-refractivity contribution in [1.82, 2.24) is 15.5 Å². The molecule has 1 aliphatic rings. The first kappa shape index (κ1) is 18.4. The van der Waals surface area contributed by atoms with E-state index in [1.165, 1.54) is 18.6 Å². The van der Waals surface area contributed by atoms with Gasteiger partial charge in [0.15, 0.2) is 0 Å². The van der Waals surface area contributed by atoms with Gasteiger partial charge < -0.3 is 10.2 Å². The number of hydrogen-bond donors (Lipinski definition) is 2. The monoisotopic (exact) mass is 335 g/mol. The standard InChI is InChI=1S/C18H26FN3O2/c1-20-17(23)11-21-12-18(24)22(16-5-3-2-4-6-16)13-14-7-9-15(19)10-8-14/h7-10,16,21H,2-6,11-13H2,1H3,(H,20,23). The lowest BCUT2D eigenvalue weighted by atomic mass is 9.93. The van der Waals surface area contributed by atoms with Crippen LogP contribution in [0.2, 0.25) is 0 Å². The zero-order valence-corrected chi connectivity index (χ0v) is 14.2. The molecule has 0 heterocycles. The number of nitrogens with one attached hydrogen (secondary N) is 2. The molecule has 1 saturated carbocycles. The molecule has 0 saturated heterocycles. The number of carbonyl (C=O) groups excluding carboxylic acids is 2. The number of halogens is 1. The third kappa shape index (κ3) is 5.60. The molecule has 6 heteroatoms. The fourth-order valence-corrected chi connectivity index (χ4v) is 3.07. The normalized spacial score (nSPS) is 15.1. The van der Waals surface area contributed by atoms with Crippen LogP contribution in [0.3, 0.4) is 0 Å². The molecule has 2 rings (SSSR count). The van der Waals surface area contributed by atoms with Crippen molar-refractivity contribution in [1.29, 1.82) is 0 Å². The number of amides is 2. The number of hydrogen-bond acceptors (Lipinski definition) is 3. The van der Waals surface area contributed by atoms with Crippen LogP contribution >= 0.6 is 0 Å². The van der Waals surface area contributed by atoms with E-state index in [4.69, 9.17) is 0 Å². The van der Waals surface area contributed by atoms with E-state index in [-0.39, 0.29) is 36.8 Å². The maximum absolute atomic E-state index is 13.1. The van der Waals surface area contributed by atoms with E-state index >= 15 is 0 Å². The summed E-state index contributed by atoms with van der Waals surface area (Å²) in [5.74, 6) is -0.442. The summed E-state index contributed by atoms with van der Waals surface area (Å²) in [7, 11) is 1.56. The first-order valence-electron chi connectivity index (χ1n) is 8.55. The van der Waals surface area contributed by atoms with Gasteiger partial charge in [-0.05, 0) is 30.5 Å². The first-order chi connectivity index (χ1) is 11.6. The summed E-state index contributed by atoms with van der Waals surface area (Å²) in [4.78, 5) is 25.8. The highest BCUT2D eigenvalue weighted by molar-refractivity contribution is 5.81. The summed E-state index contributed by atoms with van der Waals surface area (Å²) in [6, 6.07) is 6.50. The highest BCUT2D eigenvalue weighted by Gasteiger charge is 2.25. The van der Waals surface area contributed by atoms with Gasteiger partial charge in [0.2, 0.25) is 11.8 Å². The fraction of sp³-hybridized carbons (Fsp3) is 0.556. The predicted octanol–water partition coefficient (Wildman–Crippen LogP) is 1.82. The van der Waals surface area contributed by atoms with E-state index in [0.29, 0.717) is 6.54 Å². The SMILES string of the molecule is CNC(=O)CNCC(=O)N(Cc1ccc(F)cc1)C1CCCCC1. The van der Waals surface area contributed by atoms with Gasteiger partial charge in [0.25, 0.3) is 0 Å². The third-order valence-electron chi connectivity index (χ3n) is 4.44. The van der Waals surface area contributed by atoms with Gasteiger partial charge in [0.1, 0.15) is 5.82 Å². The second-order valence-corrected chi connectivity index (χ2v) is 6.22. The highest BCUT2D eigenvalue weighted by Crippen LogP contribution is 2.24. The lowest BCUT2D eigenvalue weighted by Crippen LogP contribution is -2.46. The Morgan fingerprint density at radius 2 is 1.79 bits per heavy atom. The zero-order valence-electron chi connectivity index (χ0n) is 14.2. The smallest absolute Gasteiger partial charge is 0.237 e. The summed E-state index contributed by atoms with van der Waals surface area (Å²) >= 11 is 0. The number of benzene rings is 1. The molecule has 0 aliphatic heterocycles. The predicted molar refractivity (Wildman–Crippen MR) is 90.8 cm³/mol. The van der Waals surface area contributed by atoms with E-state index in [1.807, 2.05) is 4.90 Å². The number of likely N-dealkylation sites (N-methyl/N-ethyl adjacent to an activating group) is 1. The van der Waals surface area contributed by atoms with Gasteiger partial charge in [-0.2, -0.15) is 0 Å². The summed E-state index contributed by atoms with van der Waals surface area (Å²) in [6.45, 7) is 0.730. The second kappa shape index (κ2) is 9.37. The Labute approximate surface area is 142 Å².